The normalized spacial score (nSPS) is 12.3. The van der Waals surface area contributed by atoms with Crippen molar-refractivity contribution in [3.05, 3.63) is 53.7 Å². The van der Waals surface area contributed by atoms with Crippen molar-refractivity contribution in [1.82, 2.24) is 10.3 Å². The Labute approximate surface area is 104 Å². The summed E-state index contributed by atoms with van der Waals surface area (Å²) in [6.45, 7) is 2.51. The molecule has 0 aliphatic carbocycles. The zero-order valence-electron chi connectivity index (χ0n) is 9.96. The van der Waals surface area contributed by atoms with Gasteiger partial charge in [0.05, 0.1) is 12.1 Å². The van der Waals surface area contributed by atoms with Crippen LogP contribution in [-0.2, 0) is 6.54 Å². The quantitative estimate of drug-likeness (QED) is 0.846. The van der Waals surface area contributed by atoms with Gasteiger partial charge in [-0.05, 0) is 30.7 Å². The van der Waals surface area contributed by atoms with Crippen molar-refractivity contribution in [3.63, 3.8) is 0 Å². The molecule has 0 radical (unpaired) electrons. The van der Waals surface area contributed by atoms with Crippen molar-refractivity contribution >= 4 is 5.97 Å². The zero-order chi connectivity index (χ0) is 13.0. The van der Waals surface area contributed by atoms with E-state index in [0.717, 1.165) is 5.56 Å². The Bertz CT molecular complexity index is 522. The number of carboxylic acid groups (broad SMARTS) is 1. The highest BCUT2D eigenvalue weighted by Gasteiger charge is 2.09. The van der Waals surface area contributed by atoms with Crippen LogP contribution in [0.3, 0.4) is 0 Å². The Morgan fingerprint density at radius 2 is 2.22 bits per heavy atom. The first-order valence-electron chi connectivity index (χ1n) is 5.61. The van der Waals surface area contributed by atoms with Gasteiger partial charge in [-0.15, -0.1) is 0 Å². The van der Waals surface area contributed by atoms with Crippen molar-refractivity contribution in [2.24, 2.45) is 0 Å². The highest BCUT2D eigenvalue weighted by Crippen LogP contribution is 2.13. The fraction of sp³-hybridized carbons (Fsp3) is 0.231. The lowest BCUT2D eigenvalue weighted by molar-refractivity contribution is 0.0696. The monoisotopic (exact) mass is 246 g/mol. The maximum absolute atomic E-state index is 10.7. The molecule has 0 spiro atoms. The number of nitrogens with zero attached hydrogens (tertiary/aromatic N) is 1. The van der Waals surface area contributed by atoms with Gasteiger partial charge in [0.1, 0.15) is 12.0 Å². The summed E-state index contributed by atoms with van der Waals surface area (Å²) in [6, 6.07) is 5.53. The van der Waals surface area contributed by atoms with Crippen molar-refractivity contribution in [1.29, 1.82) is 0 Å². The number of hydrogen-bond donors (Lipinski definition) is 2. The predicted molar refractivity (Wildman–Crippen MR) is 65.2 cm³/mol. The molecule has 5 nitrogen and oxygen atoms in total. The Hall–Kier alpha value is -2.14. The van der Waals surface area contributed by atoms with Gasteiger partial charge in [-0.1, -0.05) is 0 Å². The van der Waals surface area contributed by atoms with Crippen LogP contribution in [0.25, 0.3) is 0 Å². The number of carbonyl (C=O) groups is 1. The third-order valence-electron chi connectivity index (χ3n) is 2.69. The van der Waals surface area contributed by atoms with Crippen LogP contribution in [0.2, 0.25) is 0 Å². The van der Waals surface area contributed by atoms with Gasteiger partial charge in [0.25, 0.3) is 0 Å². The summed E-state index contributed by atoms with van der Waals surface area (Å²) in [5, 5.41) is 12.0. The number of carboxylic acids is 1. The maximum Gasteiger partial charge on any atom is 0.338 e. The maximum atomic E-state index is 10.7. The molecule has 0 saturated carbocycles. The number of hydrogen-bond acceptors (Lipinski definition) is 4. The third-order valence-corrected chi connectivity index (χ3v) is 2.69. The van der Waals surface area contributed by atoms with E-state index in [0.29, 0.717) is 12.3 Å². The topological polar surface area (TPSA) is 75.4 Å². The summed E-state index contributed by atoms with van der Waals surface area (Å²) in [6.07, 6.45) is 4.72. The molecule has 0 amide bonds. The van der Waals surface area contributed by atoms with Gasteiger partial charge in [-0.2, -0.15) is 0 Å². The first-order chi connectivity index (χ1) is 8.66. The van der Waals surface area contributed by atoms with E-state index in [1.165, 1.54) is 12.3 Å². The van der Waals surface area contributed by atoms with Crippen LogP contribution in [0.4, 0.5) is 0 Å². The fourth-order valence-corrected chi connectivity index (χ4v) is 1.61. The lowest BCUT2D eigenvalue weighted by Crippen LogP contribution is -2.17. The number of furan rings is 1. The van der Waals surface area contributed by atoms with E-state index >= 15 is 0 Å². The number of aromatic carboxylic acids is 1. The van der Waals surface area contributed by atoms with Crippen molar-refractivity contribution < 1.29 is 14.3 Å². The molecule has 0 aliphatic rings. The van der Waals surface area contributed by atoms with E-state index < -0.39 is 5.97 Å². The minimum absolute atomic E-state index is 0.145. The Morgan fingerprint density at radius 1 is 1.50 bits per heavy atom. The molecule has 1 atom stereocenters. The lowest BCUT2D eigenvalue weighted by atomic mass is 10.1. The number of aromatic nitrogens is 1. The molecule has 2 aromatic rings. The molecule has 2 aromatic heterocycles. The molecule has 0 saturated heterocycles. The number of pyridine rings is 1. The van der Waals surface area contributed by atoms with E-state index in [1.54, 1.807) is 12.4 Å². The fourth-order valence-electron chi connectivity index (χ4n) is 1.61. The molecule has 2 rings (SSSR count). The summed E-state index contributed by atoms with van der Waals surface area (Å²) < 4.78 is 5.16. The molecule has 0 aliphatic heterocycles. The summed E-state index contributed by atoms with van der Waals surface area (Å²) in [5.41, 5.74) is 1.29. The third kappa shape index (κ3) is 2.95. The smallest absolute Gasteiger partial charge is 0.338 e. The van der Waals surface area contributed by atoms with E-state index in [2.05, 4.69) is 10.3 Å². The van der Waals surface area contributed by atoms with Crippen molar-refractivity contribution in [2.75, 3.05) is 0 Å². The van der Waals surface area contributed by atoms with Gasteiger partial charge in [0.15, 0.2) is 0 Å². The standard InChI is InChI=1S/C13H14N2O3/c1-9(10-2-4-14-5-3-10)15-7-12-6-11(8-18-12)13(16)17/h2-6,8-9,15H,7H2,1H3,(H,16,17)/t9-/m1/s1. The summed E-state index contributed by atoms with van der Waals surface area (Å²) in [4.78, 5) is 14.6. The minimum atomic E-state index is -0.979. The van der Waals surface area contributed by atoms with E-state index in [1.807, 2.05) is 19.1 Å². The molecule has 94 valence electrons. The average molecular weight is 246 g/mol. The molecule has 0 bridgehead atoms. The molecular formula is C13H14N2O3. The van der Waals surface area contributed by atoms with Crippen LogP contribution >= 0.6 is 0 Å². The SMILES string of the molecule is C[C@@H](NCc1cc(C(=O)O)co1)c1ccncc1. The summed E-state index contributed by atoms with van der Waals surface area (Å²) in [5.74, 6) is -0.375. The Morgan fingerprint density at radius 3 is 2.83 bits per heavy atom. The van der Waals surface area contributed by atoms with Crippen molar-refractivity contribution in [2.45, 2.75) is 19.5 Å². The van der Waals surface area contributed by atoms with Crippen LogP contribution in [0.15, 0.2) is 41.3 Å². The molecule has 0 unspecified atom stereocenters. The first kappa shape index (κ1) is 12.3. The summed E-state index contributed by atoms with van der Waals surface area (Å²) in [7, 11) is 0. The van der Waals surface area contributed by atoms with Crippen LogP contribution in [0.5, 0.6) is 0 Å². The predicted octanol–water partition coefficient (Wildman–Crippen LogP) is 2.22. The number of nitrogens with one attached hydrogen (secondary N) is 1. The van der Waals surface area contributed by atoms with Gasteiger partial charge < -0.3 is 14.8 Å². The van der Waals surface area contributed by atoms with E-state index in [9.17, 15) is 4.79 Å². The second-order valence-corrected chi connectivity index (χ2v) is 3.99. The van der Waals surface area contributed by atoms with Gasteiger partial charge in [0, 0.05) is 18.4 Å². The zero-order valence-corrected chi connectivity index (χ0v) is 9.96. The molecule has 2 heterocycles. The second kappa shape index (κ2) is 5.46. The minimum Gasteiger partial charge on any atom is -0.478 e. The van der Waals surface area contributed by atoms with Crippen LogP contribution in [0.1, 0.15) is 34.6 Å². The molecule has 2 N–H and O–H groups in total. The van der Waals surface area contributed by atoms with Crippen LogP contribution in [0, 0.1) is 0 Å². The molecule has 0 fully saturated rings. The van der Waals surface area contributed by atoms with Gasteiger partial charge in [-0.3, -0.25) is 4.98 Å². The highest BCUT2D eigenvalue weighted by atomic mass is 16.4. The molecule has 5 heteroatoms. The Balaban J connectivity index is 1.93. The highest BCUT2D eigenvalue weighted by molar-refractivity contribution is 5.87. The molecule has 18 heavy (non-hydrogen) atoms. The molecular weight excluding hydrogens is 232 g/mol. The first-order valence-corrected chi connectivity index (χ1v) is 5.61. The Kier molecular flexibility index (Phi) is 3.74. The lowest BCUT2D eigenvalue weighted by Gasteiger charge is -2.12. The van der Waals surface area contributed by atoms with Crippen LogP contribution in [-0.4, -0.2) is 16.1 Å². The van der Waals surface area contributed by atoms with Gasteiger partial charge in [-0.25, -0.2) is 4.79 Å². The van der Waals surface area contributed by atoms with Gasteiger partial charge in [0.2, 0.25) is 0 Å². The number of rotatable bonds is 5. The van der Waals surface area contributed by atoms with E-state index in [4.69, 9.17) is 9.52 Å². The average Bonchev–Trinajstić information content (AvgIpc) is 2.86. The second-order valence-electron chi connectivity index (χ2n) is 3.99. The molecule has 0 aromatic carbocycles. The van der Waals surface area contributed by atoms with E-state index in [-0.39, 0.29) is 11.6 Å². The summed E-state index contributed by atoms with van der Waals surface area (Å²) >= 11 is 0. The largest absolute Gasteiger partial charge is 0.478 e. The van der Waals surface area contributed by atoms with Crippen molar-refractivity contribution in [3.8, 4) is 0 Å². The van der Waals surface area contributed by atoms with Crippen LogP contribution < -0.4 is 5.32 Å². The van der Waals surface area contributed by atoms with Gasteiger partial charge >= 0.3 is 5.97 Å².